The van der Waals surface area contributed by atoms with Crippen molar-refractivity contribution in [1.82, 2.24) is 19.8 Å². The lowest BCUT2D eigenvalue weighted by Gasteiger charge is -2.34. The van der Waals surface area contributed by atoms with Crippen molar-refractivity contribution >= 4 is 17.8 Å². The van der Waals surface area contributed by atoms with Gasteiger partial charge in [-0.05, 0) is 31.9 Å². The number of piperidine rings is 1. The molecule has 1 aromatic heterocycles. The number of hydrogen-bond donors (Lipinski definition) is 0. The van der Waals surface area contributed by atoms with E-state index in [1.165, 1.54) is 4.90 Å². The maximum Gasteiger partial charge on any atom is 0.229 e. The van der Waals surface area contributed by atoms with E-state index in [0.717, 1.165) is 51.5 Å². The van der Waals surface area contributed by atoms with Crippen LogP contribution in [0.1, 0.15) is 32.1 Å². The smallest absolute Gasteiger partial charge is 0.229 e. The molecule has 0 bridgehead atoms. The molecular weight excluding hydrogens is 306 g/mol. The standard InChI is InChI=1S/C17H25N5O2/c23-15-5-3-6-16(24)22(15)10-2-1-9-20-11-13-21(14-12-20)17-18-7-4-8-19-17/h4,7-8H,1-3,5-6,9-14H2. The van der Waals surface area contributed by atoms with Gasteiger partial charge >= 0.3 is 0 Å². The zero-order valence-electron chi connectivity index (χ0n) is 14.1. The number of hydrogen-bond acceptors (Lipinski definition) is 6. The molecule has 7 heteroatoms. The van der Waals surface area contributed by atoms with E-state index < -0.39 is 0 Å². The average molecular weight is 331 g/mol. The third-order valence-corrected chi connectivity index (χ3v) is 4.70. The summed E-state index contributed by atoms with van der Waals surface area (Å²) in [5, 5.41) is 0. The minimum absolute atomic E-state index is 0.00252. The molecule has 0 N–H and O–H groups in total. The third-order valence-electron chi connectivity index (χ3n) is 4.70. The zero-order chi connectivity index (χ0) is 16.8. The number of carbonyl (C=O) groups is 2. The van der Waals surface area contributed by atoms with Gasteiger partial charge in [0.1, 0.15) is 0 Å². The summed E-state index contributed by atoms with van der Waals surface area (Å²) >= 11 is 0. The molecule has 0 spiro atoms. The Balaban J connectivity index is 1.34. The molecule has 1 aromatic rings. The predicted molar refractivity (Wildman–Crippen MR) is 90.5 cm³/mol. The van der Waals surface area contributed by atoms with Crippen LogP contribution in [0.25, 0.3) is 0 Å². The Morgan fingerprint density at radius 1 is 0.875 bits per heavy atom. The highest BCUT2D eigenvalue weighted by atomic mass is 16.2. The van der Waals surface area contributed by atoms with Crippen molar-refractivity contribution in [3.63, 3.8) is 0 Å². The SMILES string of the molecule is O=C1CCCC(=O)N1CCCCN1CCN(c2ncccn2)CC1. The second-order valence-electron chi connectivity index (χ2n) is 6.38. The van der Waals surface area contributed by atoms with Crippen LogP contribution in [-0.4, -0.2) is 70.9 Å². The summed E-state index contributed by atoms with van der Waals surface area (Å²) in [6.45, 7) is 5.47. The molecule has 2 aliphatic rings. The van der Waals surface area contributed by atoms with Crippen molar-refractivity contribution in [1.29, 1.82) is 0 Å². The molecule has 2 saturated heterocycles. The molecule has 0 aliphatic carbocycles. The fourth-order valence-corrected chi connectivity index (χ4v) is 3.28. The van der Waals surface area contributed by atoms with E-state index in [1.54, 1.807) is 12.4 Å². The van der Waals surface area contributed by atoms with E-state index in [0.29, 0.717) is 25.8 Å². The fraction of sp³-hybridized carbons (Fsp3) is 0.647. The average Bonchev–Trinajstić information content (AvgIpc) is 2.62. The van der Waals surface area contributed by atoms with Crippen molar-refractivity contribution in [2.75, 3.05) is 44.2 Å². The van der Waals surface area contributed by atoms with Crippen LogP contribution in [-0.2, 0) is 9.59 Å². The fourth-order valence-electron chi connectivity index (χ4n) is 3.28. The number of amides is 2. The molecule has 7 nitrogen and oxygen atoms in total. The second-order valence-corrected chi connectivity index (χ2v) is 6.38. The molecule has 130 valence electrons. The largest absolute Gasteiger partial charge is 0.338 e. The number of nitrogens with zero attached hydrogens (tertiary/aromatic N) is 5. The molecular formula is C17H25N5O2. The van der Waals surface area contributed by atoms with Gasteiger partial charge in [-0.3, -0.25) is 19.4 Å². The number of carbonyl (C=O) groups excluding carboxylic acids is 2. The van der Waals surface area contributed by atoms with Gasteiger partial charge in [-0.1, -0.05) is 0 Å². The lowest BCUT2D eigenvalue weighted by atomic mass is 10.1. The van der Waals surface area contributed by atoms with Crippen molar-refractivity contribution < 1.29 is 9.59 Å². The third kappa shape index (κ3) is 4.29. The number of aromatic nitrogens is 2. The lowest BCUT2D eigenvalue weighted by molar-refractivity contribution is -0.148. The summed E-state index contributed by atoms with van der Waals surface area (Å²) in [5.74, 6) is 0.810. The summed E-state index contributed by atoms with van der Waals surface area (Å²) in [7, 11) is 0. The van der Waals surface area contributed by atoms with Crippen LogP contribution in [0.4, 0.5) is 5.95 Å². The first-order chi connectivity index (χ1) is 11.7. The van der Waals surface area contributed by atoms with Gasteiger partial charge in [0.25, 0.3) is 0 Å². The highest BCUT2D eigenvalue weighted by Crippen LogP contribution is 2.14. The van der Waals surface area contributed by atoms with Gasteiger partial charge < -0.3 is 4.90 Å². The van der Waals surface area contributed by atoms with Gasteiger partial charge in [-0.2, -0.15) is 0 Å². The molecule has 0 radical (unpaired) electrons. The lowest BCUT2D eigenvalue weighted by Crippen LogP contribution is -2.47. The van der Waals surface area contributed by atoms with E-state index >= 15 is 0 Å². The molecule has 3 rings (SSSR count). The predicted octanol–water partition coefficient (Wildman–Crippen LogP) is 0.918. The number of anilines is 1. The number of rotatable bonds is 6. The number of likely N-dealkylation sites (tertiary alicyclic amines) is 1. The Kier molecular flexibility index (Phi) is 5.74. The van der Waals surface area contributed by atoms with E-state index in [1.807, 2.05) is 6.07 Å². The molecule has 0 unspecified atom stereocenters. The van der Waals surface area contributed by atoms with Gasteiger partial charge in [0.05, 0.1) is 0 Å². The normalized spacial score (nSPS) is 19.8. The summed E-state index contributed by atoms with van der Waals surface area (Å²) in [4.78, 5) is 38.2. The minimum Gasteiger partial charge on any atom is -0.338 e. The van der Waals surface area contributed by atoms with Crippen molar-refractivity contribution in [2.45, 2.75) is 32.1 Å². The van der Waals surface area contributed by atoms with Crippen LogP contribution in [0, 0.1) is 0 Å². The molecule has 2 aliphatic heterocycles. The Morgan fingerprint density at radius 3 is 2.17 bits per heavy atom. The number of imide groups is 1. The van der Waals surface area contributed by atoms with Crippen LogP contribution < -0.4 is 4.90 Å². The molecule has 0 atom stereocenters. The van der Waals surface area contributed by atoms with Crippen LogP contribution in [0.15, 0.2) is 18.5 Å². The quantitative estimate of drug-likeness (QED) is 0.570. The highest BCUT2D eigenvalue weighted by Gasteiger charge is 2.25. The molecule has 24 heavy (non-hydrogen) atoms. The first kappa shape index (κ1) is 16.8. The molecule has 2 fully saturated rings. The summed E-state index contributed by atoms with van der Waals surface area (Å²) in [6.07, 6.45) is 7.21. The van der Waals surface area contributed by atoms with E-state index in [-0.39, 0.29) is 11.8 Å². The molecule has 0 aromatic carbocycles. The summed E-state index contributed by atoms with van der Waals surface area (Å²) in [5.41, 5.74) is 0. The number of unbranched alkanes of at least 4 members (excludes halogenated alkanes) is 1. The molecule has 2 amide bonds. The van der Waals surface area contributed by atoms with Crippen LogP contribution in [0.2, 0.25) is 0 Å². The second kappa shape index (κ2) is 8.19. The van der Waals surface area contributed by atoms with Gasteiger partial charge in [-0.25, -0.2) is 9.97 Å². The molecule has 0 saturated carbocycles. The highest BCUT2D eigenvalue weighted by molar-refractivity contribution is 5.97. The Labute approximate surface area is 142 Å². The maximum absolute atomic E-state index is 11.7. The molecule has 3 heterocycles. The van der Waals surface area contributed by atoms with Crippen molar-refractivity contribution in [3.05, 3.63) is 18.5 Å². The van der Waals surface area contributed by atoms with Crippen molar-refractivity contribution in [3.8, 4) is 0 Å². The van der Waals surface area contributed by atoms with E-state index in [4.69, 9.17) is 0 Å². The number of piperazine rings is 1. The van der Waals surface area contributed by atoms with E-state index in [2.05, 4.69) is 19.8 Å². The maximum atomic E-state index is 11.7. The first-order valence-electron chi connectivity index (χ1n) is 8.81. The van der Waals surface area contributed by atoms with Gasteiger partial charge in [0.2, 0.25) is 17.8 Å². The first-order valence-corrected chi connectivity index (χ1v) is 8.81. The monoisotopic (exact) mass is 331 g/mol. The Bertz CT molecular complexity index is 541. The van der Waals surface area contributed by atoms with Crippen LogP contribution in [0.3, 0.4) is 0 Å². The van der Waals surface area contributed by atoms with Gasteiger partial charge in [0.15, 0.2) is 0 Å². The topological polar surface area (TPSA) is 69.6 Å². The summed E-state index contributed by atoms with van der Waals surface area (Å²) in [6, 6.07) is 1.83. The van der Waals surface area contributed by atoms with Crippen LogP contribution in [0.5, 0.6) is 0 Å². The minimum atomic E-state index is 0.00252. The van der Waals surface area contributed by atoms with Crippen molar-refractivity contribution in [2.24, 2.45) is 0 Å². The zero-order valence-corrected chi connectivity index (χ0v) is 14.1. The Hall–Kier alpha value is -2.02. The van der Waals surface area contributed by atoms with Crippen LogP contribution >= 0.6 is 0 Å². The van der Waals surface area contributed by atoms with Gasteiger partial charge in [0, 0.05) is 58.0 Å². The summed E-state index contributed by atoms with van der Waals surface area (Å²) < 4.78 is 0. The van der Waals surface area contributed by atoms with Gasteiger partial charge in [-0.15, -0.1) is 0 Å². The Morgan fingerprint density at radius 2 is 1.50 bits per heavy atom. The van der Waals surface area contributed by atoms with E-state index in [9.17, 15) is 9.59 Å².